The van der Waals surface area contributed by atoms with Crippen molar-refractivity contribution < 1.29 is 4.79 Å². The molecule has 0 aromatic carbocycles. The zero-order chi connectivity index (χ0) is 13.9. The lowest BCUT2D eigenvalue weighted by atomic mass is 10.1. The first-order valence-electron chi connectivity index (χ1n) is 7.17. The van der Waals surface area contributed by atoms with Crippen molar-refractivity contribution in [2.45, 2.75) is 31.7 Å². The Morgan fingerprint density at radius 3 is 2.90 bits per heavy atom. The molecule has 1 saturated heterocycles. The molecule has 1 aliphatic heterocycles. The maximum atomic E-state index is 12.7. The highest BCUT2D eigenvalue weighted by atomic mass is 16.2. The van der Waals surface area contributed by atoms with Gasteiger partial charge < -0.3 is 9.47 Å². The number of rotatable bonds is 1. The number of carbonyl (C=O) groups is 1. The van der Waals surface area contributed by atoms with Gasteiger partial charge >= 0.3 is 6.03 Å². The number of carbonyl (C=O) groups excluding carboxylic acids is 1. The Morgan fingerprint density at radius 2 is 2.20 bits per heavy atom. The van der Waals surface area contributed by atoms with Crippen molar-refractivity contribution in [3.8, 4) is 0 Å². The molecule has 0 radical (unpaired) electrons. The fourth-order valence-electron chi connectivity index (χ4n) is 2.99. The predicted molar refractivity (Wildman–Crippen MR) is 76.3 cm³/mol. The molecule has 1 fully saturated rings. The van der Waals surface area contributed by atoms with Crippen molar-refractivity contribution in [2.24, 2.45) is 7.05 Å². The normalized spacial score (nSPS) is 19.9. The van der Waals surface area contributed by atoms with Gasteiger partial charge in [0, 0.05) is 37.9 Å². The molecule has 0 spiro atoms. The molecule has 3 rings (SSSR count). The zero-order valence-electron chi connectivity index (χ0n) is 11.8. The topological polar surface area (TPSA) is 43.1 Å². The highest BCUT2D eigenvalue weighted by Crippen LogP contribution is 2.30. The molecule has 106 valence electrons. The van der Waals surface area contributed by atoms with Gasteiger partial charge in [0.15, 0.2) is 0 Å². The third-order valence-corrected chi connectivity index (χ3v) is 4.05. The van der Waals surface area contributed by atoms with Crippen LogP contribution >= 0.6 is 0 Å². The van der Waals surface area contributed by atoms with Gasteiger partial charge in [-0.3, -0.25) is 4.57 Å². The van der Waals surface area contributed by atoms with Gasteiger partial charge in [0.25, 0.3) is 0 Å². The summed E-state index contributed by atoms with van der Waals surface area (Å²) < 4.78 is 3.69. The number of nitrogens with zero attached hydrogens (tertiary/aromatic N) is 4. The molecule has 5 heteroatoms. The quantitative estimate of drug-likeness (QED) is 0.801. The number of hydrogen-bond acceptors (Lipinski definition) is 2. The minimum Gasteiger partial charge on any atom is -0.353 e. The van der Waals surface area contributed by atoms with Gasteiger partial charge in [-0.15, -0.1) is 0 Å². The highest BCUT2D eigenvalue weighted by Gasteiger charge is 2.28. The van der Waals surface area contributed by atoms with Crippen LogP contribution in [0.1, 0.15) is 37.4 Å². The van der Waals surface area contributed by atoms with Crippen molar-refractivity contribution in [1.29, 1.82) is 0 Å². The van der Waals surface area contributed by atoms with Crippen LogP contribution in [0, 0.1) is 0 Å². The number of likely N-dealkylation sites (tertiary alicyclic amines) is 1. The average molecular weight is 272 g/mol. The van der Waals surface area contributed by atoms with Crippen LogP contribution in [0.15, 0.2) is 37.1 Å². The summed E-state index contributed by atoms with van der Waals surface area (Å²) >= 11 is 0. The lowest BCUT2D eigenvalue weighted by Crippen LogP contribution is -2.38. The number of amides is 1. The minimum absolute atomic E-state index is 0.0237. The van der Waals surface area contributed by atoms with Crippen LogP contribution < -0.4 is 0 Å². The molecule has 0 bridgehead atoms. The second-order valence-corrected chi connectivity index (χ2v) is 5.36. The maximum Gasteiger partial charge on any atom is 0.329 e. The van der Waals surface area contributed by atoms with Gasteiger partial charge in [-0.25, -0.2) is 9.78 Å². The average Bonchev–Trinajstić information content (AvgIpc) is 3.05. The lowest BCUT2D eigenvalue weighted by Gasteiger charge is -2.30. The predicted octanol–water partition coefficient (Wildman–Crippen LogP) is 2.81. The summed E-state index contributed by atoms with van der Waals surface area (Å²) in [6.45, 7) is 0.812. The molecule has 0 aliphatic carbocycles. The van der Waals surface area contributed by atoms with E-state index < -0.39 is 0 Å². The summed E-state index contributed by atoms with van der Waals surface area (Å²) in [5.74, 6) is 0. The third-order valence-electron chi connectivity index (χ3n) is 4.05. The molecular weight excluding hydrogens is 252 g/mol. The van der Waals surface area contributed by atoms with E-state index in [1.54, 1.807) is 23.3 Å². The smallest absolute Gasteiger partial charge is 0.329 e. The van der Waals surface area contributed by atoms with E-state index in [0.717, 1.165) is 19.4 Å². The molecule has 2 aromatic heterocycles. The van der Waals surface area contributed by atoms with E-state index in [2.05, 4.69) is 15.6 Å². The molecule has 5 nitrogen and oxygen atoms in total. The Hall–Kier alpha value is -2.04. The molecule has 20 heavy (non-hydrogen) atoms. The van der Waals surface area contributed by atoms with Gasteiger partial charge in [-0.1, -0.05) is 12.8 Å². The summed E-state index contributed by atoms with van der Waals surface area (Å²) in [6, 6.07) is 4.34. The van der Waals surface area contributed by atoms with Crippen molar-refractivity contribution >= 4 is 6.03 Å². The van der Waals surface area contributed by atoms with Crippen LogP contribution in [-0.2, 0) is 7.05 Å². The minimum atomic E-state index is 0.0237. The third kappa shape index (κ3) is 2.35. The summed E-state index contributed by atoms with van der Waals surface area (Å²) in [4.78, 5) is 18.6. The van der Waals surface area contributed by atoms with E-state index in [1.807, 2.05) is 24.2 Å². The van der Waals surface area contributed by atoms with E-state index in [0.29, 0.717) is 0 Å². The summed E-state index contributed by atoms with van der Waals surface area (Å²) in [5, 5.41) is 0. The van der Waals surface area contributed by atoms with Crippen molar-refractivity contribution in [3.05, 3.63) is 42.7 Å². The number of aromatic nitrogens is 3. The van der Waals surface area contributed by atoms with Crippen molar-refractivity contribution in [2.75, 3.05) is 6.54 Å². The van der Waals surface area contributed by atoms with Gasteiger partial charge in [0.1, 0.15) is 6.33 Å². The fraction of sp³-hybridized carbons (Fsp3) is 0.467. The molecule has 2 aromatic rings. The van der Waals surface area contributed by atoms with Gasteiger partial charge in [0.2, 0.25) is 0 Å². The summed E-state index contributed by atoms with van der Waals surface area (Å²) in [7, 11) is 2.04. The number of imidazole rings is 1. The van der Waals surface area contributed by atoms with E-state index in [-0.39, 0.29) is 12.1 Å². The largest absolute Gasteiger partial charge is 0.353 e. The second-order valence-electron chi connectivity index (χ2n) is 5.36. The van der Waals surface area contributed by atoms with Crippen LogP contribution in [0.25, 0.3) is 0 Å². The highest BCUT2D eigenvalue weighted by molar-refractivity contribution is 5.77. The Bertz CT molecular complexity index is 572. The van der Waals surface area contributed by atoms with Gasteiger partial charge in [-0.2, -0.15) is 0 Å². The molecule has 1 aliphatic rings. The van der Waals surface area contributed by atoms with Gasteiger partial charge in [0.05, 0.1) is 6.04 Å². The molecule has 3 heterocycles. The van der Waals surface area contributed by atoms with Crippen LogP contribution in [0.5, 0.6) is 0 Å². The van der Waals surface area contributed by atoms with Crippen LogP contribution in [0.3, 0.4) is 0 Å². The van der Waals surface area contributed by atoms with Gasteiger partial charge in [-0.05, 0) is 25.0 Å². The standard InChI is InChI=1S/C15H20N4O/c1-17-9-5-7-13(17)14-6-3-2-4-10-19(14)15(20)18-11-8-16-12-18/h5,7-9,11-12,14H,2-4,6,10H2,1H3. The number of hydrogen-bond donors (Lipinski definition) is 0. The Balaban J connectivity index is 1.92. The zero-order valence-corrected chi connectivity index (χ0v) is 11.8. The molecular formula is C15H20N4O. The van der Waals surface area contributed by atoms with E-state index in [1.165, 1.54) is 18.5 Å². The Morgan fingerprint density at radius 1 is 1.30 bits per heavy atom. The van der Waals surface area contributed by atoms with E-state index in [9.17, 15) is 4.79 Å². The summed E-state index contributed by atoms with van der Waals surface area (Å²) in [5.41, 5.74) is 1.21. The lowest BCUT2D eigenvalue weighted by molar-refractivity contribution is 0.175. The van der Waals surface area contributed by atoms with Crippen LogP contribution in [0.4, 0.5) is 4.79 Å². The Kier molecular flexibility index (Phi) is 3.58. The first-order valence-corrected chi connectivity index (χ1v) is 7.17. The second kappa shape index (κ2) is 5.53. The first-order chi connectivity index (χ1) is 9.77. The molecule has 0 saturated carbocycles. The maximum absolute atomic E-state index is 12.7. The molecule has 1 atom stereocenters. The number of aryl methyl sites for hydroxylation is 1. The Labute approximate surface area is 118 Å². The fourth-order valence-corrected chi connectivity index (χ4v) is 2.99. The molecule has 0 N–H and O–H groups in total. The molecule has 1 unspecified atom stereocenters. The van der Waals surface area contributed by atoms with Crippen LogP contribution in [0.2, 0.25) is 0 Å². The van der Waals surface area contributed by atoms with E-state index >= 15 is 0 Å². The SMILES string of the molecule is Cn1cccc1C1CCCCCN1C(=O)n1ccnc1. The first kappa shape index (κ1) is 13.0. The van der Waals surface area contributed by atoms with Crippen molar-refractivity contribution in [3.63, 3.8) is 0 Å². The van der Waals surface area contributed by atoms with Crippen molar-refractivity contribution in [1.82, 2.24) is 19.0 Å². The summed E-state index contributed by atoms with van der Waals surface area (Å²) in [6.07, 6.45) is 11.4. The van der Waals surface area contributed by atoms with E-state index in [4.69, 9.17) is 0 Å². The monoisotopic (exact) mass is 272 g/mol. The molecule has 1 amide bonds. The van der Waals surface area contributed by atoms with Crippen LogP contribution in [-0.4, -0.2) is 31.6 Å².